The first-order valence-electron chi connectivity index (χ1n) is 6.64. The van der Waals surface area contributed by atoms with Crippen molar-refractivity contribution in [1.29, 1.82) is 0 Å². The van der Waals surface area contributed by atoms with Crippen LogP contribution in [-0.2, 0) is 4.79 Å². The van der Waals surface area contributed by atoms with Crippen molar-refractivity contribution >= 4 is 5.91 Å². The van der Waals surface area contributed by atoms with Crippen molar-refractivity contribution in [3.05, 3.63) is 0 Å². The van der Waals surface area contributed by atoms with Crippen LogP contribution in [-0.4, -0.2) is 25.5 Å². The van der Waals surface area contributed by atoms with E-state index in [4.69, 9.17) is 0 Å². The van der Waals surface area contributed by atoms with Crippen molar-refractivity contribution in [2.24, 2.45) is 17.3 Å². The van der Waals surface area contributed by atoms with Gasteiger partial charge in [0.25, 0.3) is 0 Å². The number of amides is 1. The second kappa shape index (κ2) is 4.74. The predicted octanol–water partition coefficient (Wildman–Crippen LogP) is 1.54. The summed E-state index contributed by atoms with van der Waals surface area (Å²) in [6.07, 6.45) is 4.70. The minimum Gasteiger partial charge on any atom is -0.356 e. The largest absolute Gasteiger partial charge is 0.356 e. The van der Waals surface area contributed by atoms with E-state index in [1.54, 1.807) is 0 Å². The zero-order valence-corrected chi connectivity index (χ0v) is 10.5. The lowest BCUT2D eigenvalue weighted by Crippen LogP contribution is -2.39. The van der Waals surface area contributed by atoms with Crippen LogP contribution in [0.4, 0.5) is 0 Å². The number of carbonyl (C=O) groups excluding carboxylic acids is 1. The lowest BCUT2D eigenvalue weighted by Gasteiger charge is -2.23. The van der Waals surface area contributed by atoms with E-state index < -0.39 is 0 Å². The Morgan fingerprint density at radius 3 is 2.94 bits per heavy atom. The Labute approximate surface area is 98.4 Å². The van der Waals surface area contributed by atoms with Gasteiger partial charge in [-0.25, -0.2) is 0 Å². The fraction of sp³-hybridized carbons (Fsp3) is 0.923. The van der Waals surface area contributed by atoms with E-state index in [2.05, 4.69) is 24.5 Å². The van der Waals surface area contributed by atoms with Gasteiger partial charge in [0.1, 0.15) is 0 Å². The molecule has 92 valence electrons. The van der Waals surface area contributed by atoms with Gasteiger partial charge in [-0.2, -0.15) is 0 Å². The SMILES string of the molecule is CCC1(C)CC1C(=O)NCC1CCCNC1. The maximum atomic E-state index is 11.9. The average Bonchev–Trinajstić information content (AvgIpc) is 3.01. The molecular weight excluding hydrogens is 200 g/mol. The normalized spacial score (nSPS) is 38.1. The van der Waals surface area contributed by atoms with Crippen molar-refractivity contribution in [3.8, 4) is 0 Å². The zero-order chi connectivity index (χ0) is 11.6. The fourth-order valence-corrected chi connectivity index (χ4v) is 2.67. The molecule has 1 amide bonds. The summed E-state index contributed by atoms with van der Waals surface area (Å²) in [6.45, 7) is 7.47. The molecule has 1 aliphatic heterocycles. The summed E-state index contributed by atoms with van der Waals surface area (Å²) in [7, 11) is 0. The topological polar surface area (TPSA) is 41.1 Å². The summed E-state index contributed by atoms with van der Waals surface area (Å²) in [4.78, 5) is 11.9. The van der Waals surface area contributed by atoms with Crippen molar-refractivity contribution in [2.75, 3.05) is 19.6 Å². The van der Waals surface area contributed by atoms with Crippen LogP contribution in [0.1, 0.15) is 39.5 Å². The van der Waals surface area contributed by atoms with Crippen LogP contribution in [0.3, 0.4) is 0 Å². The second-order valence-corrected chi connectivity index (χ2v) is 5.72. The third-order valence-corrected chi connectivity index (χ3v) is 4.44. The Hall–Kier alpha value is -0.570. The zero-order valence-electron chi connectivity index (χ0n) is 10.5. The Morgan fingerprint density at radius 2 is 2.38 bits per heavy atom. The van der Waals surface area contributed by atoms with Gasteiger partial charge in [-0.15, -0.1) is 0 Å². The van der Waals surface area contributed by atoms with Gasteiger partial charge in [-0.1, -0.05) is 13.8 Å². The van der Waals surface area contributed by atoms with Crippen LogP contribution in [0.25, 0.3) is 0 Å². The molecule has 0 radical (unpaired) electrons. The molecule has 1 aliphatic carbocycles. The molecule has 2 N–H and O–H groups in total. The molecule has 0 aromatic rings. The molecule has 3 atom stereocenters. The van der Waals surface area contributed by atoms with E-state index in [1.807, 2.05) is 0 Å². The third kappa shape index (κ3) is 2.57. The average molecular weight is 224 g/mol. The lowest BCUT2D eigenvalue weighted by atomic mass is 9.99. The molecule has 2 fully saturated rings. The summed E-state index contributed by atoms with van der Waals surface area (Å²) in [6, 6.07) is 0. The van der Waals surface area contributed by atoms with Crippen LogP contribution in [0.15, 0.2) is 0 Å². The molecule has 0 spiro atoms. The first-order valence-corrected chi connectivity index (χ1v) is 6.64. The van der Waals surface area contributed by atoms with E-state index in [1.165, 1.54) is 12.8 Å². The monoisotopic (exact) mass is 224 g/mol. The minimum atomic E-state index is 0.286. The van der Waals surface area contributed by atoms with Gasteiger partial charge in [0, 0.05) is 12.5 Å². The van der Waals surface area contributed by atoms with Crippen LogP contribution < -0.4 is 10.6 Å². The van der Waals surface area contributed by atoms with E-state index in [9.17, 15) is 4.79 Å². The number of hydrogen-bond donors (Lipinski definition) is 2. The summed E-state index contributed by atoms with van der Waals surface area (Å²) in [5.74, 6) is 1.22. The summed E-state index contributed by atoms with van der Waals surface area (Å²) >= 11 is 0. The Morgan fingerprint density at radius 1 is 1.56 bits per heavy atom. The highest BCUT2D eigenvalue weighted by molar-refractivity contribution is 5.82. The van der Waals surface area contributed by atoms with E-state index in [0.717, 1.165) is 32.5 Å². The Bertz CT molecular complexity index is 261. The van der Waals surface area contributed by atoms with Gasteiger partial charge in [-0.05, 0) is 50.1 Å². The highest BCUT2D eigenvalue weighted by Crippen LogP contribution is 2.54. The van der Waals surface area contributed by atoms with Crippen molar-refractivity contribution in [3.63, 3.8) is 0 Å². The molecule has 2 aliphatic rings. The standard InChI is InChI=1S/C13H24N2O/c1-3-13(2)7-11(13)12(16)15-9-10-5-4-6-14-8-10/h10-11,14H,3-9H2,1-2H3,(H,15,16). The van der Waals surface area contributed by atoms with Crippen LogP contribution in [0.5, 0.6) is 0 Å². The molecular formula is C13H24N2O. The molecule has 3 heteroatoms. The van der Waals surface area contributed by atoms with Gasteiger partial charge in [0.05, 0.1) is 0 Å². The van der Waals surface area contributed by atoms with Crippen LogP contribution in [0, 0.1) is 17.3 Å². The molecule has 3 unspecified atom stereocenters. The van der Waals surface area contributed by atoms with Crippen LogP contribution >= 0.6 is 0 Å². The highest BCUT2D eigenvalue weighted by Gasteiger charge is 2.52. The molecule has 0 aromatic carbocycles. The van der Waals surface area contributed by atoms with Gasteiger partial charge in [0.15, 0.2) is 0 Å². The van der Waals surface area contributed by atoms with E-state index in [0.29, 0.717) is 11.3 Å². The number of carbonyl (C=O) groups is 1. The van der Waals surface area contributed by atoms with Gasteiger partial charge >= 0.3 is 0 Å². The summed E-state index contributed by atoms with van der Waals surface area (Å²) < 4.78 is 0. The molecule has 1 saturated carbocycles. The van der Waals surface area contributed by atoms with Gasteiger partial charge in [-0.3, -0.25) is 4.79 Å². The Balaban J connectivity index is 1.68. The van der Waals surface area contributed by atoms with E-state index in [-0.39, 0.29) is 11.8 Å². The minimum absolute atomic E-state index is 0.286. The van der Waals surface area contributed by atoms with Crippen molar-refractivity contribution < 1.29 is 4.79 Å². The number of nitrogens with one attached hydrogen (secondary N) is 2. The first-order chi connectivity index (χ1) is 7.65. The smallest absolute Gasteiger partial charge is 0.223 e. The number of hydrogen-bond acceptors (Lipinski definition) is 2. The maximum absolute atomic E-state index is 11.9. The molecule has 1 heterocycles. The third-order valence-electron chi connectivity index (χ3n) is 4.44. The second-order valence-electron chi connectivity index (χ2n) is 5.72. The van der Waals surface area contributed by atoms with Gasteiger partial charge in [0.2, 0.25) is 5.91 Å². The lowest BCUT2D eigenvalue weighted by molar-refractivity contribution is -0.123. The van der Waals surface area contributed by atoms with Crippen LogP contribution in [0.2, 0.25) is 0 Å². The molecule has 1 saturated heterocycles. The maximum Gasteiger partial charge on any atom is 0.223 e. The van der Waals surface area contributed by atoms with E-state index >= 15 is 0 Å². The number of rotatable bonds is 4. The first kappa shape index (κ1) is 11.9. The summed E-state index contributed by atoms with van der Waals surface area (Å²) in [5, 5.41) is 6.50. The summed E-state index contributed by atoms with van der Waals surface area (Å²) in [5.41, 5.74) is 0.300. The Kier molecular flexibility index (Phi) is 3.53. The van der Waals surface area contributed by atoms with Crippen molar-refractivity contribution in [2.45, 2.75) is 39.5 Å². The number of piperidine rings is 1. The predicted molar refractivity (Wildman–Crippen MR) is 65.1 cm³/mol. The quantitative estimate of drug-likeness (QED) is 0.760. The molecule has 0 aromatic heterocycles. The molecule has 3 nitrogen and oxygen atoms in total. The fourth-order valence-electron chi connectivity index (χ4n) is 2.67. The van der Waals surface area contributed by atoms with Gasteiger partial charge < -0.3 is 10.6 Å². The highest BCUT2D eigenvalue weighted by atomic mass is 16.2. The molecule has 16 heavy (non-hydrogen) atoms. The molecule has 2 rings (SSSR count). The molecule has 0 bridgehead atoms. The van der Waals surface area contributed by atoms with Crippen molar-refractivity contribution in [1.82, 2.24) is 10.6 Å².